The molecule has 0 aliphatic carbocycles. The van der Waals surface area contributed by atoms with Crippen LogP contribution in [0.3, 0.4) is 0 Å². The molecule has 0 fully saturated rings. The second-order valence-corrected chi connectivity index (χ2v) is 3.22. The predicted octanol–water partition coefficient (Wildman–Crippen LogP) is 1.86. The summed E-state index contributed by atoms with van der Waals surface area (Å²) < 4.78 is 0. The number of nitrogen functional groups attached to an aromatic ring is 1. The molecule has 1 heterocycles. The molecule has 0 aliphatic heterocycles. The van der Waals surface area contributed by atoms with Crippen molar-refractivity contribution < 1.29 is 0 Å². The third kappa shape index (κ3) is 2.58. The van der Waals surface area contributed by atoms with Gasteiger partial charge in [0, 0.05) is 12.4 Å². The minimum Gasteiger partial charge on any atom is -0.397 e. The Labute approximate surface area is 67.5 Å². The van der Waals surface area contributed by atoms with Gasteiger partial charge in [0.2, 0.25) is 0 Å². The molecule has 11 heavy (non-hydrogen) atoms. The summed E-state index contributed by atoms with van der Waals surface area (Å²) in [5.41, 5.74) is 7.55. The van der Waals surface area contributed by atoms with E-state index in [1.807, 2.05) is 12.3 Å². The van der Waals surface area contributed by atoms with Gasteiger partial charge in [-0.25, -0.2) is 0 Å². The molecule has 1 rings (SSSR count). The van der Waals surface area contributed by atoms with Crippen molar-refractivity contribution in [3.05, 3.63) is 24.0 Å². The second kappa shape index (κ2) is 3.37. The molecular weight excluding hydrogens is 136 g/mol. The molecule has 0 atom stereocenters. The van der Waals surface area contributed by atoms with E-state index in [1.165, 1.54) is 5.56 Å². The normalized spacial score (nSPS) is 10.5. The first-order valence-electron chi connectivity index (χ1n) is 3.88. The van der Waals surface area contributed by atoms with Gasteiger partial charge in [-0.15, -0.1) is 0 Å². The lowest BCUT2D eigenvalue weighted by Gasteiger charge is -2.03. The van der Waals surface area contributed by atoms with Gasteiger partial charge in [-0.2, -0.15) is 0 Å². The largest absolute Gasteiger partial charge is 0.397 e. The highest BCUT2D eigenvalue weighted by atomic mass is 14.7. The number of nitrogens with zero attached hydrogens (tertiary/aromatic N) is 1. The summed E-state index contributed by atoms with van der Waals surface area (Å²) in [5, 5.41) is 0. The average molecular weight is 150 g/mol. The zero-order valence-electron chi connectivity index (χ0n) is 7.04. The molecule has 0 radical (unpaired) electrons. The first kappa shape index (κ1) is 8.05. The lowest BCUT2D eigenvalue weighted by molar-refractivity contribution is 0.646. The topological polar surface area (TPSA) is 38.9 Å². The van der Waals surface area contributed by atoms with Crippen LogP contribution in [0.15, 0.2) is 18.5 Å². The van der Waals surface area contributed by atoms with Gasteiger partial charge in [-0.3, -0.25) is 4.98 Å². The van der Waals surface area contributed by atoms with Crippen LogP contribution in [0.1, 0.15) is 19.4 Å². The van der Waals surface area contributed by atoms with Gasteiger partial charge >= 0.3 is 0 Å². The zero-order valence-corrected chi connectivity index (χ0v) is 7.04. The third-order valence-electron chi connectivity index (χ3n) is 1.46. The number of anilines is 1. The molecule has 2 N–H and O–H groups in total. The molecule has 0 aliphatic rings. The van der Waals surface area contributed by atoms with Crippen molar-refractivity contribution in [1.29, 1.82) is 0 Å². The van der Waals surface area contributed by atoms with Crippen molar-refractivity contribution >= 4 is 5.69 Å². The molecule has 0 amide bonds. The zero-order chi connectivity index (χ0) is 8.27. The Bertz CT molecular complexity index is 231. The maximum atomic E-state index is 5.57. The first-order valence-corrected chi connectivity index (χ1v) is 3.88. The Morgan fingerprint density at radius 1 is 1.45 bits per heavy atom. The fourth-order valence-corrected chi connectivity index (χ4v) is 1.09. The quantitative estimate of drug-likeness (QED) is 0.699. The van der Waals surface area contributed by atoms with E-state index in [0.717, 1.165) is 12.1 Å². The second-order valence-electron chi connectivity index (χ2n) is 3.22. The summed E-state index contributed by atoms with van der Waals surface area (Å²) in [6.45, 7) is 4.37. The summed E-state index contributed by atoms with van der Waals surface area (Å²) in [6.07, 6.45) is 4.60. The number of hydrogen-bond donors (Lipinski definition) is 1. The minimum absolute atomic E-state index is 0.665. The van der Waals surface area contributed by atoms with E-state index in [-0.39, 0.29) is 0 Å². The van der Waals surface area contributed by atoms with Gasteiger partial charge in [-0.1, -0.05) is 13.8 Å². The van der Waals surface area contributed by atoms with E-state index >= 15 is 0 Å². The monoisotopic (exact) mass is 150 g/mol. The molecule has 0 saturated carbocycles. The Morgan fingerprint density at radius 2 is 2.18 bits per heavy atom. The third-order valence-corrected chi connectivity index (χ3v) is 1.46. The standard InChI is InChI=1S/C9H14N2/c1-7(2)3-8-4-9(10)6-11-5-8/h4-7H,3,10H2,1-2H3. The van der Waals surface area contributed by atoms with Crippen molar-refractivity contribution in [3.8, 4) is 0 Å². The number of aromatic nitrogens is 1. The number of nitrogens with two attached hydrogens (primary N) is 1. The molecule has 2 nitrogen and oxygen atoms in total. The molecule has 0 unspecified atom stereocenters. The summed E-state index contributed by atoms with van der Waals surface area (Å²) in [5.74, 6) is 0.665. The van der Waals surface area contributed by atoms with Crippen LogP contribution in [0.25, 0.3) is 0 Å². The SMILES string of the molecule is CC(C)Cc1cncc(N)c1. The van der Waals surface area contributed by atoms with Crippen molar-refractivity contribution in [2.24, 2.45) is 5.92 Å². The lowest BCUT2D eigenvalue weighted by Crippen LogP contribution is -1.96. The first-order chi connectivity index (χ1) is 5.18. The highest BCUT2D eigenvalue weighted by Gasteiger charge is 1.97. The van der Waals surface area contributed by atoms with E-state index < -0.39 is 0 Å². The average Bonchev–Trinajstić information content (AvgIpc) is 1.85. The smallest absolute Gasteiger partial charge is 0.0503 e. The van der Waals surface area contributed by atoms with Crippen LogP contribution in [0.2, 0.25) is 0 Å². The number of rotatable bonds is 2. The van der Waals surface area contributed by atoms with Crippen molar-refractivity contribution in [3.63, 3.8) is 0 Å². The molecule has 1 aromatic heterocycles. The van der Waals surface area contributed by atoms with E-state index in [2.05, 4.69) is 18.8 Å². The summed E-state index contributed by atoms with van der Waals surface area (Å²) in [7, 11) is 0. The van der Waals surface area contributed by atoms with Crippen molar-refractivity contribution in [2.45, 2.75) is 20.3 Å². The maximum Gasteiger partial charge on any atom is 0.0503 e. The molecule has 60 valence electrons. The van der Waals surface area contributed by atoms with Gasteiger partial charge in [0.05, 0.1) is 5.69 Å². The van der Waals surface area contributed by atoms with Crippen molar-refractivity contribution in [2.75, 3.05) is 5.73 Å². The maximum absolute atomic E-state index is 5.57. The van der Waals surface area contributed by atoms with Crippen LogP contribution in [-0.4, -0.2) is 4.98 Å². The Morgan fingerprint density at radius 3 is 2.73 bits per heavy atom. The fraction of sp³-hybridized carbons (Fsp3) is 0.444. The Balaban J connectivity index is 2.71. The molecule has 2 heteroatoms. The van der Waals surface area contributed by atoms with Gasteiger partial charge in [0.25, 0.3) is 0 Å². The van der Waals surface area contributed by atoms with E-state index in [1.54, 1.807) is 6.20 Å². The van der Waals surface area contributed by atoms with Crippen LogP contribution in [-0.2, 0) is 6.42 Å². The summed E-state index contributed by atoms with van der Waals surface area (Å²) in [6, 6.07) is 1.98. The van der Waals surface area contributed by atoms with Crippen LogP contribution in [0.5, 0.6) is 0 Å². The van der Waals surface area contributed by atoms with Crippen LogP contribution in [0, 0.1) is 5.92 Å². The lowest BCUT2D eigenvalue weighted by atomic mass is 10.0. The van der Waals surface area contributed by atoms with E-state index in [4.69, 9.17) is 5.73 Å². The summed E-state index contributed by atoms with van der Waals surface area (Å²) in [4.78, 5) is 4.01. The van der Waals surface area contributed by atoms with E-state index in [0.29, 0.717) is 5.92 Å². The number of hydrogen-bond acceptors (Lipinski definition) is 2. The Hall–Kier alpha value is -1.05. The van der Waals surface area contributed by atoms with Gasteiger partial charge in [-0.05, 0) is 24.0 Å². The summed E-state index contributed by atoms with van der Waals surface area (Å²) >= 11 is 0. The molecule has 0 bridgehead atoms. The molecular formula is C9H14N2. The molecule has 0 saturated heterocycles. The minimum atomic E-state index is 0.665. The van der Waals surface area contributed by atoms with E-state index in [9.17, 15) is 0 Å². The van der Waals surface area contributed by atoms with Crippen LogP contribution in [0.4, 0.5) is 5.69 Å². The van der Waals surface area contributed by atoms with Gasteiger partial charge in [0.15, 0.2) is 0 Å². The molecule has 0 spiro atoms. The molecule has 1 aromatic rings. The predicted molar refractivity (Wildman–Crippen MR) is 47.2 cm³/mol. The van der Waals surface area contributed by atoms with Crippen LogP contribution < -0.4 is 5.73 Å². The fourth-order valence-electron chi connectivity index (χ4n) is 1.09. The van der Waals surface area contributed by atoms with Gasteiger partial charge in [0.1, 0.15) is 0 Å². The Kier molecular flexibility index (Phi) is 2.47. The van der Waals surface area contributed by atoms with Gasteiger partial charge < -0.3 is 5.73 Å². The number of pyridine rings is 1. The highest BCUT2D eigenvalue weighted by Crippen LogP contribution is 2.09. The van der Waals surface area contributed by atoms with Crippen molar-refractivity contribution in [1.82, 2.24) is 4.98 Å². The highest BCUT2D eigenvalue weighted by molar-refractivity contribution is 5.36. The van der Waals surface area contributed by atoms with Crippen LogP contribution >= 0.6 is 0 Å². The molecule has 0 aromatic carbocycles.